The summed E-state index contributed by atoms with van der Waals surface area (Å²) in [5.41, 5.74) is 1.01. The lowest BCUT2D eigenvalue weighted by Crippen LogP contribution is -2.65. The number of phenols is 1. The number of fused-ring (bicyclic) bond motifs is 3. The molecule has 2 aromatic carbocycles. The number of aliphatic hydroxyl groups excluding tert-OH is 2. The van der Waals surface area contributed by atoms with E-state index in [1.54, 1.807) is 0 Å². The van der Waals surface area contributed by atoms with Gasteiger partial charge in [-0.2, -0.15) is 0 Å². The Hall–Kier alpha value is -3.30. The number of nitrogens with one attached hydrogen (secondary N) is 1. The molecule has 0 bridgehead atoms. The predicted molar refractivity (Wildman–Crippen MR) is 166 cm³/mol. The van der Waals surface area contributed by atoms with Crippen LogP contribution in [0.4, 0.5) is 10.1 Å². The third-order valence-corrected chi connectivity index (χ3v) is 9.53. The molecule has 3 aliphatic carbocycles. The molecule has 0 heterocycles. The van der Waals surface area contributed by atoms with Gasteiger partial charge in [-0.1, -0.05) is 45.7 Å². The van der Waals surface area contributed by atoms with Crippen molar-refractivity contribution >= 4 is 79.3 Å². The number of amides is 2. The fraction of sp³-hybridized carbons (Fsp3) is 0.310. The minimum Gasteiger partial charge on any atom is -0.508 e. The standard InChI is InChI=1S/C29H26BrClFN3O8.BrH/c1-35(2)21-13-8-10-7-11-9-14(31)20(34-28(42)19(30)12-5-3-4-6-15(12)32)23(37)16(11)22(36)17(10)25(39)29(13,43)26(40)18(24(21)38)27(33)41;/h3-6,9-10,13,19,21,36-37,40,43H,7-8H2,1-2H3,(H2,33,41)(H,34,42);1H/t10?,13?,19?,21-,29-;/m0./s1. The normalized spacial score (nSPS) is 25.1. The number of carbonyl (C=O) groups is 4. The molecule has 7 N–H and O–H groups in total. The van der Waals surface area contributed by atoms with Crippen molar-refractivity contribution in [3.63, 3.8) is 0 Å². The number of ketones is 2. The van der Waals surface area contributed by atoms with E-state index in [4.69, 9.17) is 17.3 Å². The molecular weight excluding hydrogens is 733 g/mol. The molecule has 3 unspecified atom stereocenters. The second kappa shape index (κ2) is 11.9. The van der Waals surface area contributed by atoms with Crippen LogP contribution in [-0.4, -0.2) is 74.4 Å². The summed E-state index contributed by atoms with van der Waals surface area (Å²) in [5, 5.41) is 47.5. The number of primary amides is 1. The average molecular weight is 760 g/mol. The van der Waals surface area contributed by atoms with Crippen LogP contribution in [0.2, 0.25) is 5.02 Å². The predicted octanol–water partition coefficient (Wildman–Crippen LogP) is 3.41. The Bertz CT molecular complexity index is 1700. The van der Waals surface area contributed by atoms with Gasteiger partial charge in [0.1, 0.15) is 33.4 Å². The Morgan fingerprint density at radius 3 is 2.43 bits per heavy atom. The number of nitrogens with zero attached hydrogens (tertiary/aromatic N) is 1. The van der Waals surface area contributed by atoms with E-state index >= 15 is 0 Å². The molecule has 2 amide bonds. The maximum atomic E-state index is 14.3. The summed E-state index contributed by atoms with van der Waals surface area (Å²) in [5.74, 6) is -9.47. The molecule has 15 heteroatoms. The topological polar surface area (TPSA) is 190 Å². The maximum absolute atomic E-state index is 14.3. The van der Waals surface area contributed by atoms with E-state index in [1.165, 1.54) is 49.3 Å². The van der Waals surface area contributed by atoms with Crippen LogP contribution < -0.4 is 11.1 Å². The first-order valence-electron chi connectivity index (χ1n) is 13.0. The molecule has 0 radical (unpaired) electrons. The first-order valence-corrected chi connectivity index (χ1v) is 14.3. The fourth-order valence-corrected chi connectivity index (χ4v) is 7.15. The van der Waals surface area contributed by atoms with Crippen molar-refractivity contribution in [3.8, 4) is 5.75 Å². The number of aliphatic hydroxyl groups is 3. The molecule has 44 heavy (non-hydrogen) atoms. The molecule has 3 aliphatic rings. The number of aromatic hydroxyl groups is 1. The Balaban J connectivity index is 0.00000442. The van der Waals surface area contributed by atoms with E-state index in [0.29, 0.717) is 5.56 Å². The van der Waals surface area contributed by atoms with Crippen LogP contribution in [0.1, 0.15) is 27.9 Å². The Labute approximate surface area is 274 Å². The van der Waals surface area contributed by atoms with Crippen LogP contribution >= 0.6 is 44.5 Å². The highest BCUT2D eigenvalue weighted by atomic mass is 79.9. The lowest BCUT2D eigenvalue weighted by molar-refractivity contribution is -0.153. The van der Waals surface area contributed by atoms with Crippen LogP contribution in [0.3, 0.4) is 0 Å². The van der Waals surface area contributed by atoms with E-state index in [-0.39, 0.29) is 57.2 Å². The second-order valence-electron chi connectivity index (χ2n) is 11.0. The lowest BCUT2D eigenvalue weighted by Gasteiger charge is -2.50. The number of benzene rings is 2. The molecule has 5 rings (SSSR count). The number of halogens is 4. The zero-order chi connectivity index (χ0) is 31.7. The lowest BCUT2D eigenvalue weighted by atomic mass is 9.57. The summed E-state index contributed by atoms with van der Waals surface area (Å²) >= 11 is 9.55. The third-order valence-electron chi connectivity index (χ3n) is 8.32. The first kappa shape index (κ1) is 33.6. The number of nitrogens with two attached hydrogens (primary N) is 1. The van der Waals surface area contributed by atoms with Crippen molar-refractivity contribution in [2.24, 2.45) is 17.6 Å². The minimum absolute atomic E-state index is 0. The quantitative estimate of drug-likeness (QED) is 0.151. The Kier molecular flexibility index (Phi) is 9.08. The summed E-state index contributed by atoms with van der Waals surface area (Å²) in [7, 11) is 3.01. The van der Waals surface area contributed by atoms with Gasteiger partial charge in [-0.3, -0.25) is 24.1 Å². The Morgan fingerprint density at radius 1 is 1.20 bits per heavy atom. The van der Waals surface area contributed by atoms with Crippen molar-refractivity contribution in [2.45, 2.75) is 29.3 Å². The van der Waals surface area contributed by atoms with Gasteiger partial charge in [0.15, 0.2) is 17.1 Å². The van der Waals surface area contributed by atoms with Crippen LogP contribution in [0.25, 0.3) is 5.76 Å². The molecule has 0 saturated heterocycles. The number of Topliss-reactive ketones (excluding diaryl/α,β-unsaturated/α-hetero) is 2. The number of hydrogen-bond donors (Lipinski definition) is 6. The Morgan fingerprint density at radius 2 is 1.84 bits per heavy atom. The number of phenolic OH excluding ortho intramolecular Hbond substituents is 1. The highest BCUT2D eigenvalue weighted by molar-refractivity contribution is 9.09. The second-order valence-corrected chi connectivity index (χ2v) is 12.3. The molecule has 0 aromatic heterocycles. The zero-order valence-corrected chi connectivity index (χ0v) is 27.2. The van der Waals surface area contributed by atoms with Crippen LogP contribution in [0, 0.1) is 17.7 Å². The highest BCUT2D eigenvalue weighted by Crippen LogP contribution is 2.54. The number of alkyl halides is 1. The number of likely N-dealkylation sites (N-methyl/N-ethyl adjacent to an activating group) is 1. The summed E-state index contributed by atoms with van der Waals surface area (Å²) in [6, 6.07) is 5.72. The van der Waals surface area contributed by atoms with Crippen molar-refractivity contribution in [2.75, 3.05) is 19.4 Å². The van der Waals surface area contributed by atoms with Crippen LogP contribution in [0.5, 0.6) is 5.75 Å². The fourth-order valence-electron chi connectivity index (χ4n) is 6.39. The van der Waals surface area contributed by atoms with Crippen molar-refractivity contribution < 1.29 is 44.0 Å². The zero-order valence-electron chi connectivity index (χ0n) is 23.1. The molecule has 234 valence electrons. The highest BCUT2D eigenvalue weighted by Gasteiger charge is 2.64. The smallest absolute Gasteiger partial charge is 0.255 e. The van der Waals surface area contributed by atoms with Crippen LogP contribution in [0.15, 0.2) is 47.2 Å². The van der Waals surface area contributed by atoms with E-state index in [9.17, 15) is 44.0 Å². The van der Waals surface area contributed by atoms with Crippen molar-refractivity contribution in [1.82, 2.24) is 4.90 Å². The van der Waals surface area contributed by atoms with Gasteiger partial charge in [0, 0.05) is 17.1 Å². The van der Waals surface area contributed by atoms with Crippen molar-refractivity contribution in [1.29, 1.82) is 0 Å². The minimum atomic E-state index is -2.79. The van der Waals surface area contributed by atoms with E-state index in [1.807, 2.05) is 0 Å². The van der Waals surface area contributed by atoms with Crippen LogP contribution in [-0.2, 0) is 25.6 Å². The molecule has 1 fully saturated rings. The molecule has 5 atom stereocenters. The number of hydrogen-bond acceptors (Lipinski definition) is 9. The number of anilines is 1. The van der Waals surface area contributed by atoms with E-state index in [2.05, 4.69) is 21.2 Å². The maximum Gasteiger partial charge on any atom is 0.255 e. The monoisotopic (exact) mass is 757 g/mol. The van der Waals surface area contributed by atoms with Gasteiger partial charge >= 0.3 is 0 Å². The van der Waals surface area contributed by atoms with Gasteiger partial charge < -0.3 is 31.5 Å². The molecule has 11 nitrogen and oxygen atoms in total. The van der Waals surface area contributed by atoms with Crippen molar-refractivity contribution in [3.05, 3.63) is 74.8 Å². The first-order chi connectivity index (χ1) is 20.1. The van der Waals surface area contributed by atoms with Gasteiger partial charge in [0.05, 0.1) is 16.6 Å². The van der Waals surface area contributed by atoms with E-state index < -0.39 is 80.3 Å². The largest absolute Gasteiger partial charge is 0.508 e. The number of rotatable bonds is 5. The van der Waals surface area contributed by atoms with Gasteiger partial charge in [-0.15, -0.1) is 17.0 Å². The van der Waals surface area contributed by atoms with Gasteiger partial charge in [-0.25, -0.2) is 4.39 Å². The summed E-state index contributed by atoms with van der Waals surface area (Å²) in [6.45, 7) is 0. The average Bonchev–Trinajstić information content (AvgIpc) is 2.92. The molecule has 2 aromatic rings. The molecule has 0 aliphatic heterocycles. The van der Waals surface area contributed by atoms with Gasteiger partial charge in [0.25, 0.3) is 5.91 Å². The SMILES string of the molecule is Br.CN(C)[C@@H]1C(=O)C(C(N)=O)=C(O)[C@@]2(O)C(=O)C3=C(O)c4c(cc(Cl)c(NC(=O)C(Br)c5ccccc5F)c4O)CC3CC12. The summed E-state index contributed by atoms with van der Waals surface area (Å²) in [6.07, 6.45) is -0.0666. The number of carbonyl (C=O) groups excluding carboxylic acids is 4. The third kappa shape index (κ3) is 4.92. The molecule has 0 spiro atoms. The van der Waals surface area contributed by atoms with Gasteiger partial charge in [0.2, 0.25) is 11.7 Å². The summed E-state index contributed by atoms with van der Waals surface area (Å²) < 4.78 is 14.3. The molecule has 1 saturated carbocycles. The van der Waals surface area contributed by atoms with E-state index in [0.717, 1.165) is 0 Å². The summed E-state index contributed by atoms with van der Waals surface area (Å²) in [4.78, 5) is 52.4. The molecular formula is C29H27Br2ClFN3O8. The van der Waals surface area contributed by atoms with Gasteiger partial charge in [-0.05, 0) is 50.6 Å².